The van der Waals surface area contributed by atoms with Gasteiger partial charge in [-0.3, -0.25) is 4.79 Å². The highest BCUT2D eigenvalue weighted by Crippen LogP contribution is 2.17. The summed E-state index contributed by atoms with van der Waals surface area (Å²) in [6.07, 6.45) is 5.45. The molecule has 0 aromatic rings. The summed E-state index contributed by atoms with van der Waals surface area (Å²) in [5.74, 6) is -0.386. The van der Waals surface area contributed by atoms with Crippen LogP contribution in [0.3, 0.4) is 0 Å². The summed E-state index contributed by atoms with van der Waals surface area (Å²) in [6.45, 7) is -0.0673. The van der Waals surface area contributed by atoms with Crippen LogP contribution in [0, 0.1) is 0 Å². The molecule has 0 bridgehead atoms. The predicted octanol–water partition coefficient (Wildman–Crippen LogP) is 0.00110. The van der Waals surface area contributed by atoms with Gasteiger partial charge in [0.2, 0.25) is 15.9 Å². The van der Waals surface area contributed by atoms with Crippen LogP contribution in [0.1, 0.15) is 32.1 Å². The van der Waals surface area contributed by atoms with Gasteiger partial charge >= 0.3 is 0 Å². The maximum absolute atomic E-state index is 11.6. The van der Waals surface area contributed by atoms with Crippen molar-refractivity contribution in [3.05, 3.63) is 0 Å². The van der Waals surface area contributed by atoms with E-state index in [0.29, 0.717) is 0 Å². The lowest BCUT2D eigenvalue weighted by Crippen LogP contribution is -2.43. The quantitative estimate of drug-likeness (QED) is 0.686. The number of methoxy groups -OCH3 is 1. The minimum atomic E-state index is -3.42. The molecular weight excluding hydrogens is 256 g/mol. The second-order valence-corrected chi connectivity index (χ2v) is 6.46. The van der Waals surface area contributed by atoms with Crippen LogP contribution in [0.4, 0.5) is 0 Å². The third-order valence-corrected chi connectivity index (χ3v) is 4.27. The molecule has 18 heavy (non-hydrogen) atoms. The Morgan fingerprint density at radius 1 is 1.28 bits per heavy atom. The minimum Gasteiger partial charge on any atom is -0.384 e. The van der Waals surface area contributed by atoms with Crippen LogP contribution in [-0.4, -0.2) is 46.4 Å². The van der Waals surface area contributed by atoms with Gasteiger partial charge in [0.1, 0.15) is 0 Å². The van der Waals surface area contributed by atoms with E-state index in [1.807, 2.05) is 0 Å². The Morgan fingerprint density at radius 3 is 2.56 bits per heavy atom. The molecule has 1 aliphatic carbocycles. The summed E-state index contributed by atoms with van der Waals surface area (Å²) in [5, 5.41) is 2.85. The number of amides is 1. The van der Waals surface area contributed by atoms with Gasteiger partial charge < -0.3 is 10.1 Å². The summed E-state index contributed by atoms with van der Waals surface area (Å²) in [6, 6.07) is 0.203. The van der Waals surface area contributed by atoms with E-state index < -0.39 is 10.0 Å². The van der Waals surface area contributed by atoms with E-state index in [9.17, 15) is 13.2 Å². The van der Waals surface area contributed by atoms with E-state index in [0.717, 1.165) is 25.7 Å². The monoisotopic (exact) mass is 278 g/mol. The van der Waals surface area contributed by atoms with E-state index in [1.165, 1.54) is 13.5 Å². The van der Waals surface area contributed by atoms with E-state index in [1.54, 1.807) is 0 Å². The Bertz CT molecular complexity index is 350. The van der Waals surface area contributed by atoms with Gasteiger partial charge in [0, 0.05) is 13.2 Å². The molecular formula is C11H22N2O4S. The van der Waals surface area contributed by atoms with Gasteiger partial charge in [0.25, 0.3) is 0 Å². The fourth-order valence-corrected chi connectivity index (χ4v) is 2.85. The summed E-state index contributed by atoms with van der Waals surface area (Å²) in [5.41, 5.74) is 0. The van der Waals surface area contributed by atoms with Crippen LogP contribution >= 0.6 is 0 Å². The summed E-state index contributed by atoms with van der Waals surface area (Å²) < 4.78 is 29.8. The van der Waals surface area contributed by atoms with Crippen molar-refractivity contribution in [3.8, 4) is 0 Å². The zero-order chi connectivity index (χ0) is 13.4. The predicted molar refractivity (Wildman–Crippen MR) is 68.7 cm³/mol. The molecule has 0 atom stereocenters. The van der Waals surface area contributed by atoms with Gasteiger partial charge in [-0.2, -0.15) is 0 Å². The number of carbonyl (C=O) groups is 1. The van der Waals surface area contributed by atoms with E-state index in [-0.39, 0.29) is 30.9 Å². The molecule has 0 spiro atoms. The Hall–Kier alpha value is -0.660. The smallest absolute Gasteiger partial charge is 0.235 e. The standard InChI is InChI=1S/C11H22N2O4S/c1-17-7-8-18(15,16)12-9-11(14)13-10-5-3-2-4-6-10/h10,12H,2-9H2,1H3,(H,13,14). The molecule has 0 aromatic carbocycles. The largest absolute Gasteiger partial charge is 0.384 e. The summed E-state index contributed by atoms with van der Waals surface area (Å²) >= 11 is 0. The highest BCUT2D eigenvalue weighted by Gasteiger charge is 2.17. The summed E-state index contributed by atoms with van der Waals surface area (Å²) in [4.78, 5) is 11.6. The lowest BCUT2D eigenvalue weighted by atomic mass is 9.95. The molecule has 0 heterocycles. The van der Waals surface area contributed by atoms with Crippen molar-refractivity contribution in [1.29, 1.82) is 0 Å². The van der Waals surface area contributed by atoms with Gasteiger partial charge in [-0.05, 0) is 12.8 Å². The average Bonchev–Trinajstić information content (AvgIpc) is 2.36. The van der Waals surface area contributed by atoms with Crippen molar-refractivity contribution in [2.24, 2.45) is 0 Å². The van der Waals surface area contributed by atoms with Crippen molar-refractivity contribution < 1.29 is 17.9 Å². The molecule has 0 radical (unpaired) electrons. The fraction of sp³-hybridized carbons (Fsp3) is 0.909. The van der Waals surface area contributed by atoms with Crippen LogP contribution in [0.15, 0.2) is 0 Å². The van der Waals surface area contributed by atoms with Crippen molar-refractivity contribution in [3.63, 3.8) is 0 Å². The maximum atomic E-state index is 11.6. The highest BCUT2D eigenvalue weighted by atomic mass is 32.2. The SMILES string of the molecule is COCCS(=O)(=O)NCC(=O)NC1CCCCC1. The van der Waals surface area contributed by atoms with Gasteiger partial charge in [-0.25, -0.2) is 13.1 Å². The van der Waals surface area contributed by atoms with Gasteiger partial charge in [-0.1, -0.05) is 19.3 Å². The molecule has 106 valence electrons. The molecule has 0 unspecified atom stereocenters. The van der Waals surface area contributed by atoms with Crippen molar-refractivity contribution >= 4 is 15.9 Å². The van der Waals surface area contributed by atoms with Gasteiger partial charge in [0.05, 0.1) is 18.9 Å². The molecule has 1 saturated carbocycles. The Kier molecular flexibility index (Phi) is 6.59. The molecule has 1 fully saturated rings. The van der Waals surface area contributed by atoms with Crippen LogP contribution in [0.2, 0.25) is 0 Å². The van der Waals surface area contributed by atoms with Gasteiger partial charge in [0.15, 0.2) is 0 Å². The third-order valence-electron chi connectivity index (χ3n) is 2.98. The van der Waals surface area contributed by atoms with E-state index in [2.05, 4.69) is 14.8 Å². The lowest BCUT2D eigenvalue weighted by molar-refractivity contribution is -0.120. The molecule has 0 saturated heterocycles. The first-order valence-electron chi connectivity index (χ1n) is 6.29. The molecule has 6 nitrogen and oxygen atoms in total. The molecule has 0 aromatic heterocycles. The van der Waals surface area contributed by atoms with Crippen LogP contribution in [0.25, 0.3) is 0 Å². The molecule has 2 N–H and O–H groups in total. The maximum Gasteiger partial charge on any atom is 0.235 e. The second-order valence-electron chi connectivity index (χ2n) is 4.54. The fourth-order valence-electron chi connectivity index (χ4n) is 1.97. The van der Waals surface area contributed by atoms with Crippen molar-refractivity contribution in [1.82, 2.24) is 10.0 Å². The zero-order valence-corrected chi connectivity index (χ0v) is 11.6. The molecule has 1 amide bonds. The van der Waals surface area contributed by atoms with Gasteiger partial charge in [-0.15, -0.1) is 0 Å². The number of hydrogen-bond acceptors (Lipinski definition) is 4. The molecule has 0 aliphatic heterocycles. The molecule has 7 heteroatoms. The third kappa shape index (κ3) is 6.32. The first-order chi connectivity index (χ1) is 8.53. The normalized spacial score (nSPS) is 17.6. The van der Waals surface area contributed by atoms with Crippen LogP contribution in [-0.2, 0) is 19.6 Å². The average molecular weight is 278 g/mol. The van der Waals surface area contributed by atoms with E-state index in [4.69, 9.17) is 0 Å². The number of carbonyl (C=O) groups excluding carboxylic acids is 1. The number of hydrogen-bond donors (Lipinski definition) is 2. The number of rotatable bonds is 7. The summed E-state index contributed by atoms with van der Waals surface area (Å²) in [7, 11) is -1.98. The van der Waals surface area contributed by atoms with E-state index >= 15 is 0 Å². The van der Waals surface area contributed by atoms with Crippen LogP contribution in [0.5, 0.6) is 0 Å². The zero-order valence-electron chi connectivity index (χ0n) is 10.8. The molecule has 1 rings (SSSR count). The first-order valence-corrected chi connectivity index (χ1v) is 7.94. The first kappa shape index (κ1) is 15.4. The number of ether oxygens (including phenoxy) is 1. The van der Waals surface area contributed by atoms with Crippen molar-refractivity contribution in [2.75, 3.05) is 26.0 Å². The Labute approximate surface area is 109 Å². The van der Waals surface area contributed by atoms with Crippen molar-refractivity contribution in [2.45, 2.75) is 38.1 Å². The Morgan fingerprint density at radius 2 is 1.94 bits per heavy atom. The highest BCUT2D eigenvalue weighted by molar-refractivity contribution is 7.89. The molecule has 1 aliphatic rings. The van der Waals surface area contributed by atoms with Crippen LogP contribution < -0.4 is 10.0 Å². The minimum absolute atomic E-state index is 0.125. The Balaban J connectivity index is 2.23. The number of nitrogens with one attached hydrogen (secondary N) is 2. The topological polar surface area (TPSA) is 84.5 Å². The second kappa shape index (κ2) is 7.70. The number of sulfonamides is 1. The lowest BCUT2D eigenvalue weighted by Gasteiger charge is -2.22.